The van der Waals surface area contributed by atoms with Crippen LogP contribution in [0.3, 0.4) is 0 Å². The lowest BCUT2D eigenvalue weighted by atomic mass is 10.1. The molecule has 0 amide bonds. The molecular weight excluding hydrogens is 280 g/mol. The summed E-state index contributed by atoms with van der Waals surface area (Å²) in [5.74, 6) is 0. The minimum absolute atomic E-state index is 0.784. The van der Waals surface area contributed by atoms with Crippen molar-refractivity contribution in [2.45, 2.75) is 40.3 Å². The van der Waals surface area contributed by atoms with Crippen LogP contribution >= 0.6 is 11.3 Å². The molecule has 5 heteroatoms. The van der Waals surface area contributed by atoms with Crippen molar-refractivity contribution in [2.24, 2.45) is 0 Å². The highest BCUT2D eigenvalue weighted by Gasteiger charge is 2.11. The number of hydrogen-bond acceptors (Lipinski definition) is 4. The maximum atomic E-state index is 4.57. The fourth-order valence-corrected chi connectivity index (χ4v) is 3.28. The van der Waals surface area contributed by atoms with Crippen molar-refractivity contribution in [3.63, 3.8) is 0 Å². The van der Waals surface area contributed by atoms with Crippen LogP contribution in [-0.4, -0.2) is 14.6 Å². The van der Waals surface area contributed by atoms with E-state index in [1.165, 1.54) is 11.1 Å². The van der Waals surface area contributed by atoms with E-state index in [0.29, 0.717) is 0 Å². The Labute approximate surface area is 128 Å². The number of benzene rings is 1. The smallest absolute Gasteiger partial charge is 0.212 e. The Bertz CT molecular complexity index is 757. The molecule has 21 heavy (non-hydrogen) atoms. The largest absolute Gasteiger partial charge is 0.307 e. The molecule has 2 aromatic heterocycles. The molecule has 3 rings (SSSR count). The summed E-state index contributed by atoms with van der Waals surface area (Å²) in [7, 11) is 0. The molecule has 0 saturated heterocycles. The van der Waals surface area contributed by atoms with Crippen LogP contribution in [-0.2, 0) is 19.5 Å². The van der Waals surface area contributed by atoms with Crippen molar-refractivity contribution < 1.29 is 0 Å². The van der Waals surface area contributed by atoms with E-state index >= 15 is 0 Å². The maximum absolute atomic E-state index is 4.57. The van der Waals surface area contributed by atoms with E-state index in [1.807, 2.05) is 18.4 Å². The lowest BCUT2D eigenvalue weighted by Gasteiger charge is -2.06. The summed E-state index contributed by atoms with van der Waals surface area (Å²) in [5, 5.41) is 9.07. The molecule has 1 aromatic carbocycles. The van der Waals surface area contributed by atoms with E-state index < -0.39 is 0 Å². The van der Waals surface area contributed by atoms with E-state index in [4.69, 9.17) is 0 Å². The second-order valence-corrected chi connectivity index (χ2v) is 6.40. The molecule has 0 atom stereocenters. The van der Waals surface area contributed by atoms with Crippen LogP contribution < -0.4 is 5.32 Å². The summed E-state index contributed by atoms with van der Waals surface area (Å²) in [6.45, 7) is 7.90. The fraction of sp³-hybridized carbons (Fsp3) is 0.375. The molecule has 0 bridgehead atoms. The molecular formula is C16H20N4S. The number of hydrogen-bond donors (Lipinski definition) is 1. The summed E-state index contributed by atoms with van der Waals surface area (Å²) in [4.78, 5) is 5.55. The van der Waals surface area contributed by atoms with Gasteiger partial charge >= 0.3 is 0 Å². The molecule has 3 aromatic rings. The molecule has 0 fully saturated rings. The molecule has 110 valence electrons. The third kappa shape index (κ3) is 2.99. The van der Waals surface area contributed by atoms with Crippen LogP contribution in [0.15, 0.2) is 24.3 Å². The minimum Gasteiger partial charge on any atom is -0.307 e. The van der Waals surface area contributed by atoms with Crippen molar-refractivity contribution >= 4 is 16.3 Å². The number of imidazole rings is 1. The number of rotatable bonds is 5. The van der Waals surface area contributed by atoms with Gasteiger partial charge in [0.1, 0.15) is 5.01 Å². The van der Waals surface area contributed by atoms with Crippen molar-refractivity contribution in [2.75, 3.05) is 0 Å². The normalized spacial score (nSPS) is 11.4. The Morgan fingerprint density at radius 3 is 2.81 bits per heavy atom. The average Bonchev–Trinajstić information content (AvgIpc) is 2.96. The van der Waals surface area contributed by atoms with Gasteiger partial charge in [0.05, 0.1) is 11.4 Å². The molecule has 0 saturated carbocycles. The van der Waals surface area contributed by atoms with E-state index in [1.54, 1.807) is 11.3 Å². The second kappa shape index (κ2) is 5.95. The lowest BCUT2D eigenvalue weighted by Crippen LogP contribution is -2.15. The van der Waals surface area contributed by atoms with Gasteiger partial charge in [0.15, 0.2) is 0 Å². The topological polar surface area (TPSA) is 42.2 Å². The van der Waals surface area contributed by atoms with Gasteiger partial charge in [-0.3, -0.25) is 0 Å². The van der Waals surface area contributed by atoms with Crippen molar-refractivity contribution in [1.29, 1.82) is 0 Å². The zero-order valence-corrected chi connectivity index (χ0v) is 13.5. The number of nitrogens with zero attached hydrogens (tertiary/aromatic N) is 3. The summed E-state index contributed by atoms with van der Waals surface area (Å²) in [6, 6.07) is 8.73. The van der Waals surface area contributed by atoms with E-state index in [-0.39, 0.29) is 0 Å². The van der Waals surface area contributed by atoms with Gasteiger partial charge < -0.3 is 5.32 Å². The Morgan fingerprint density at radius 2 is 2.00 bits per heavy atom. The fourth-order valence-electron chi connectivity index (χ4n) is 2.47. The van der Waals surface area contributed by atoms with Crippen molar-refractivity contribution in [3.05, 3.63) is 51.8 Å². The third-order valence-corrected chi connectivity index (χ3v) is 4.44. The Kier molecular flexibility index (Phi) is 4.03. The van der Waals surface area contributed by atoms with Crippen LogP contribution in [0.25, 0.3) is 4.96 Å². The lowest BCUT2D eigenvalue weighted by molar-refractivity contribution is 0.659. The summed E-state index contributed by atoms with van der Waals surface area (Å²) < 4.78 is 1.96. The summed E-state index contributed by atoms with van der Waals surface area (Å²) in [5.41, 5.74) is 4.92. The highest BCUT2D eigenvalue weighted by atomic mass is 32.1. The molecule has 0 aliphatic rings. The Balaban J connectivity index is 1.70. The molecule has 0 aliphatic carbocycles. The standard InChI is InChI=1S/C16H20N4S/c1-4-13-6-5-7-14(8-13)9-17-10-15-11(2)18-16-20(15)19-12(3)21-16/h5-8,17H,4,9-10H2,1-3H3. The van der Waals surface area contributed by atoms with Gasteiger partial charge in [-0.1, -0.05) is 42.5 Å². The number of aryl methyl sites for hydroxylation is 3. The molecule has 0 radical (unpaired) electrons. The van der Waals surface area contributed by atoms with Gasteiger partial charge in [-0.25, -0.2) is 9.50 Å². The van der Waals surface area contributed by atoms with Gasteiger partial charge in [0.25, 0.3) is 0 Å². The second-order valence-electron chi connectivity index (χ2n) is 5.24. The number of nitrogens with one attached hydrogen (secondary N) is 1. The molecule has 4 nitrogen and oxygen atoms in total. The van der Waals surface area contributed by atoms with Crippen LogP contribution in [0.4, 0.5) is 0 Å². The molecule has 0 aliphatic heterocycles. The predicted octanol–water partition coefficient (Wildman–Crippen LogP) is 3.26. The van der Waals surface area contributed by atoms with Crippen LogP contribution in [0.5, 0.6) is 0 Å². The van der Waals surface area contributed by atoms with Crippen molar-refractivity contribution in [1.82, 2.24) is 19.9 Å². The maximum Gasteiger partial charge on any atom is 0.212 e. The minimum atomic E-state index is 0.784. The van der Waals surface area contributed by atoms with E-state index in [2.05, 4.69) is 46.6 Å². The van der Waals surface area contributed by atoms with Gasteiger partial charge in [0.2, 0.25) is 4.96 Å². The number of aromatic nitrogens is 3. The van der Waals surface area contributed by atoms with Crippen molar-refractivity contribution in [3.8, 4) is 0 Å². The zero-order valence-electron chi connectivity index (χ0n) is 12.7. The van der Waals surface area contributed by atoms with E-state index in [9.17, 15) is 0 Å². The quantitative estimate of drug-likeness (QED) is 0.786. The first kappa shape index (κ1) is 14.2. The Hall–Kier alpha value is -1.72. The first-order chi connectivity index (χ1) is 10.2. The summed E-state index contributed by atoms with van der Waals surface area (Å²) in [6.07, 6.45) is 1.08. The average molecular weight is 300 g/mol. The number of fused-ring (bicyclic) bond motifs is 1. The molecule has 0 spiro atoms. The first-order valence-corrected chi connectivity index (χ1v) is 8.09. The SMILES string of the molecule is CCc1cccc(CNCc2c(C)nc3sc(C)nn23)c1. The predicted molar refractivity (Wildman–Crippen MR) is 86.7 cm³/mol. The van der Waals surface area contributed by atoms with Gasteiger partial charge in [-0.2, -0.15) is 5.10 Å². The molecule has 2 heterocycles. The monoisotopic (exact) mass is 300 g/mol. The van der Waals surface area contributed by atoms with Gasteiger partial charge in [-0.05, 0) is 31.4 Å². The third-order valence-electron chi connectivity index (χ3n) is 3.62. The van der Waals surface area contributed by atoms with Crippen LogP contribution in [0.2, 0.25) is 0 Å². The van der Waals surface area contributed by atoms with Crippen LogP contribution in [0.1, 0.15) is 34.4 Å². The highest BCUT2D eigenvalue weighted by molar-refractivity contribution is 7.16. The summed E-state index contributed by atoms with van der Waals surface area (Å²) >= 11 is 1.63. The molecule has 0 unspecified atom stereocenters. The zero-order chi connectivity index (χ0) is 14.8. The van der Waals surface area contributed by atoms with E-state index in [0.717, 1.165) is 40.9 Å². The molecule has 1 N–H and O–H groups in total. The Morgan fingerprint density at radius 1 is 1.19 bits per heavy atom. The van der Waals surface area contributed by atoms with Crippen LogP contribution in [0, 0.1) is 13.8 Å². The highest BCUT2D eigenvalue weighted by Crippen LogP contribution is 2.17. The van der Waals surface area contributed by atoms with Gasteiger partial charge in [0, 0.05) is 13.1 Å². The van der Waals surface area contributed by atoms with Gasteiger partial charge in [-0.15, -0.1) is 0 Å². The first-order valence-electron chi connectivity index (χ1n) is 7.27.